The SMILES string of the molecule is COc1ccc2c(c1)CCN(C[C@@]1(C#Cc3ccc(C(=N)N4CCOCC4)cc3)NC(=O)NC1=O)C2=O. The third kappa shape index (κ3) is 4.86. The van der Waals surface area contributed by atoms with Gasteiger partial charge in [0.25, 0.3) is 11.8 Å². The van der Waals surface area contributed by atoms with Crippen LogP contribution < -0.4 is 15.4 Å². The normalized spacial score (nSPS) is 20.9. The van der Waals surface area contributed by atoms with Gasteiger partial charge in [0.2, 0.25) is 5.54 Å². The number of benzene rings is 2. The van der Waals surface area contributed by atoms with Crippen LogP contribution in [0.15, 0.2) is 42.5 Å². The van der Waals surface area contributed by atoms with Crippen molar-refractivity contribution in [2.24, 2.45) is 0 Å². The first kappa shape index (κ1) is 24.3. The van der Waals surface area contributed by atoms with Crippen molar-refractivity contribution in [3.8, 4) is 17.6 Å². The van der Waals surface area contributed by atoms with Crippen LogP contribution in [0.4, 0.5) is 4.79 Å². The Morgan fingerprint density at radius 3 is 2.54 bits per heavy atom. The number of carbonyl (C=O) groups is 3. The van der Waals surface area contributed by atoms with Gasteiger partial charge in [-0.3, -0.25) is 20.3 Å². The van der Waals surface area contributed by atoms with Gasteiger partial charge in [-0.05, 0) is 42.3 Å². The lowest BCUT2D eigenvalue weighted by atomic mass is 9.94. The predicted octanol–water partition coefficient (Wildman–Crippen LogP) is 0.981. The molecule has 3 aliphatic rings. The molecule has 1 atom stereocenters. The molecule has 5 rings (SSSR count). The van der Waals surface area contributed by atoms with Crippen LogP contribution >= 0.6 is 0 Å². The zero-order valence-electron chi connectivity index (χ0n) is 20.4. The van der Waals surface area contributed by atoms with Crippen LogP contribution in [0.5, 0.6) is 5.75 Å². The van der Waals surface area contributed by atoms with E-state index in [-0.39, 0.29) is 12.5 Å². The number of nitrogens with one attached hydrogen (secondary N) is 3. The number of urea groups is 1. The molecule has 10 nitrogen and oxygen atoms in total. The molecule has 3 aliphatic heterocycles. The summed E-state index contributed by atoms with van der Waals surface area (Å²) in [5, 5.41) is 13.3. The number of amides is 4. The summed E-state index contributed by atoms with van der Waals surface area (Å²) in [6.07, 6.45) is 0.591. The molecule has 190 valence electrons. The van der Waals surface area contributed by atoms with E-state index in [9.17, 15) is 14.4 Å². The van der Waals surface area contributed by atoms with Gasteiger partial charge in [0, 0.05) is 36.3 Å². The zero-order chi connectivity index (χ0) is 26.0. The molecule has 0 aliphatic carbocycles. The highest BCUT2D eigenvalue weighted by Crippen LogP contribution is 2.25. The highest BCUT2D eigenvalue weighted by Gasteiger charge is 2.47. The van der Waals surface area contributed by atoms with Crippen LogP contribution in [-0.4, -0.2) is 85.5 Å². The molecule has 2 aromatic rings. The summed E-state index contributed by atoms with van der Waals surface area (Å²) in [5.74, 6) is 6.18. The second-order valence-electron chi connectivity index (χ2n) is 9.09. The number of nitrogens with zero attached hydrogens (tertiary/aromatic N) is 2. The third-order valence-corrected chi connectivity index (χ3v) is 6.76. The molecule has 0 unspecified atom stereocenters. The van der Waals surface area contributed by atoms with E-state index in [0.29, 0.717) is 62.0 Å². The van der Waals surface area contributed by atoms with Crippen LogP contribution in [0.3, 0.4) is 0 Å². The first-order valence-electron chi connectivity index (χ1n) is 12.0. The number of carbonyl (C=O) groups excluding carboxylic acids is 3. The van der Waals surface area contributed by atoms with E-state index in [2.05, 4.69) is 22.5 Å². The van der Waals surface area contributed by atoms with Crippen molar-refractivity contribution in [1.82, 2.24) is 20.4 Å². The maximum absolute atomic E-state index is 13.2. The molecule has 10 heteroatoms. The number of ether oxygens (including phenoxy) is 2. The Hall–Kier alpha value is -4.36. The number of rotatable bonds is 4. The van der Waals surface area contributed by atoms with Crippen molar-refractivity contribution in [2.75, 3.05) is 46.5 Å². The first-order valence-corrected chi connectivity index (χ1v) is 12.0. The molecule has 2 saturated heterocycles. The molecule has 0 bridgehead atoms. The van der Waals surface area contributed by atoms with E-state index < -0.39 is 17.5 Å². The summed E-state index contributed by atoms with van der Waals surface area (Å²) in [5.41, 5.74) is 1.22. The molecule has 4 amide bonds. The maximum atomic E-state index is 13.2. The van der Waals surface area contributed by atoms with Crippen molar-refractivity contribution in [1.29, 1.82) is 5.41 Å². The molecule has 3 heterocycles. The average Bonchev–Trinajstić information content (AvgIpc) is 3.21. The standard InChI is InChI=1S/C27H27N5O5/c1-36-21-6-7-22-20(16-21)9-11-32(24(22)33)17-27(25(34)29-26(35)30-27)10-8-18-2-4-19(5-3-18)23(28)31-12-14-37-15-13-31/h2-7,16,28H,9,11-15,17H2,1H3,(H2,29,30,34,35)/t27-/m1/s1. The fraction of sp³-hybridized carbons (Fsp3) is 0.333. The van der Waals surface area contributed by atoms with Gasteiger partial charge in [-0.2, -0.15) is 0 Å². The van der Waals surface area contributed by atoms with Gasteiger partial charge in [0.05, 0.1) is 26.9 Å². The summed E-state index contributed by atoms with van der Waals surface area (Å²) in [7, 11) is 1.57. The molecule has 0 spiro atoms. The fourth-order valence-corrected chi connectivity index (χ4v) is 4.67. The predicted molar refractivity (Wildman–Crippen MR) is 135 cm³/mol. The summed E-state index contributed by atoms with van der Waals surface area (Å²) in [6, 6.07) is 11.8. The minimum Gasteiger partial charge on any atom is -0.497 e. The summed E-state index contributed by atoms with van der Waals surface area (Å²) in [6.45, 7) is 2.84. The molecule has 0 saturated carbocycles. The van der Waals surface area contributed by atoms with Crippen molar-refractivity contribution < 1.29 is 23.9 Å². The molecule has 3 N–H and O–H groups in total. The van der Waals surface area contributed by atoms with Gasteiger partial charge < -0.3 is 24.6 Å². The van der Waals surface area contributed by atoms with Gasteiger partial charge in [0.15, 0.2) is 0 Å². The Morgan fingerprint density at radius 1 is 1.11 bits per heavy atom. The second kappa shape index (κ2) is 9.95. The van der Waals surface area contributed by atoms with Crippen LogP contribution in [0.25, 0.3) is 0 Å². The number of fused-ring (bicyclic) bond motifs is 1. The van der Waals surface area contributed by atoms with Crippen molar-refractivity contribution in [3.05, 3.63) is 64.7 Å². The molecule has 2 fully saturated rings. The number of amidine groups is 1. The largest absolute Gasteiger partial charge is 0.497 e. The van der Waals surface area contributed by atoms with Gasteiger partial charge in [0.1, 0.15) is 11.6 Å². The monoisotopic (exact) mass is 501 g/mol. The molecular weight excluding hydrogens is 474 g/mol. The topological polar surface area (TPSA) is 124 Å². The zero-order valence-corrected chi connectivity index (χ0v) is 20.4. The highest BCUT2D eigenvalue weighted by atomic mass is 16.5. The minimum absolute atomic E-state index is 0.0817. The van der Waals surface area contributed by atoms with Crippen molar-refractivity contribution in [2.45, 2.75) is 12.0 Å². The van der Waals surface area contributed by atoms with Gasteiger partial charge in [-0.15, -0.1) is 0 Å². The van der Waals surface area contributed by atoms with Crippen LogP contribution in [0, 0.1) is 17.3 Å². The smallest absolute Gasteiger partial charge is 0.323 e. The van der Waals surface area contributed by atoms with E-state index in [1.807, 2.05) is 11.0 Å². The molecule has 37 heavy (non-hydrogen) atoms. The van der Waals surface area contributed by atoms with E-state index >= 15 is 0 Å². The van der Waals surface area contributed by atoms with Crippen LogP contribution in [0.2, 0.25) is 0 Å². The quantitative estimate of drug-likeness (QED) is 0.248. The van der Waals surface area contributed by atoms with E-state index in [0.717, 1.165) is 11.1 Å². The van der Waals surface area contributed by atoms with Crippen LogP contribution in [0.1, 0.15) is 27.0 Å². The van der Waals surface area contributed by atoms with Gasteiger partial charge in [-0.25, -0.2) is 4.79 Å². The number of methoxy groups -OCH3 is 1. The number of imide groups is 1. The fourth-order valence-electron chi connectivity index (χ4n) is 4.67. The molecule has 0 aromatic heterocycles. The molecular formula is C27H27N5O5. The Bertz CT molecular complexity index is 1320. The number of morpholine rings is 1. The van der Waals surface area contributed by atoms with Crippen LogP contribution in [-0.2, 0) is 16.0 Å². The second-order valence-corrected chi connectivity index (χ2v) is 9.09. The van der Waals surface area contributed by atoms with E-state index in [1.165, 1.54) is 0 Å². The lowest BCUT2D eigenvalue weighted by Gasteiger charge is -2.33. The summed E-state index contributed by atoms with van der Waals surface area (Å²) >= 11 is 0. The lowest BCUT2D eigenvalue weighted by Crippen LogP contribution is -2.56. The average molecular weight is 502 g/mol. The third-order valence-electron chi connectivity index (χ3n) is 6.76. The summed E-state index contributed by atoms with van der Waals surface area (Å²) in [4.78, 5) is 41.6. The van der Waals surface area contributed by atoms with Gasteiger partial charge >= 0.3 is 6.03 Å². The minimum atomic E-state index is -1.57. The number of hydrogen-bond acceptors (Lipinski definition) is 6. The number of hydrogen-bond donors (Lipinski definition) is 3. The first-order chi connectivity index (χ1) is 17.9. The summed E-state index contributed by atoms with van der Waals surface area (Å²) < 4.78 is 10.6. The molecule has 0 radical (unpaired) electrons. The maximum Gasteiger partial charge on any atom is 0.323 e. The Labute approximate surface area is 214 Å². The lowest BCUT2D eigenvalue weighted by molar-refractivity contribution is -0.122. The van der Waals surface area contributed by atoms with E-state index in [4.69, 9.17) is 14.9 Å². The Morgan fingerprint density at radius 2 is 1.86 bits per heavy atom. The molecule has 2 aromatic carbocycles. The Balaban J connectivity index is 1.36. The highest BCUT2D eigenvalue weighted by molar-refractivity contribution is 6.10. The van der Waals surface area contributed by atoms with E-state index in [1.54, 1.807) is 48.4 Å². The van der Waals surface area contributed by atoms with Gasteiger partial charge in [-0.1, -0.05) is 24.0 Å². The van der Waals surface area contributed by atoms with Crippen molar-refractivity contribution in [3.63, 3.8) is 0 Å². The van der Waals surface area contributed by atoms with Crippen molar-refractivity contribution >= 4 is 23.7 Å². The Kier molecular flexibility index (Phi) is 6.54.